The zero-order chi connectivity index (χ0) is 14.4. The first kappa shape index (κ1) is 15.3. The number of ether oxygens (including phenoxy) is 1. The summed E-state index contributed by atoms with van der Waals surface area (Å²) in [5, 5.41) is 13.3. The number of aliphatic hydroxyl groups is 1. The van der Waals surface area contributed by atoms with Crippen molar-refractivity contribution in [1.29, 1.82) is 0 Å². The predicted molar refractivity (Wildman–Crippen MR) is 81.9 cm³/mol. The van der Waals surface area contributed by atoms with Crippen LogP contribution in [0.4, 0.5) is 0 Å². The Morgan fingerprint density at radius 3 is 2.75 bits per heavy atom. The van der Waals surface area contributed by atoms with Gasteiger partial charge in [-0.15, -0.1) is 0 Å². The summed E-state index contributed by atoms with van der Waals surface area (Å²) in [6, 6.07) is 8.19. The van der Waals surface area contributed by atoms with Gasteiger partial charge in [-0.05, 0) is 56.2 Å². The molecule has 0 aromatic heterocycles. The largest absolute Gasteiger partial charge is 0.494 e. The summed E-state index contributed by atoms with van der Waals surface area (Å²) in [5.74, 6) is 1.71. The Morgan fingerprint density at radius 1 is 1.35 bits per heavy atom. The minimum atomic E-state index is -0.0892. The summed E-state index contributed by atoms with van der Waals surface area (Å²) >= 11 is 0. The molecule has 0 bridgehead atoms. The first-order valence-electron chi connectivity index (χ1n) is 7.75. The van der Waals surface area contributed by atoms with Gasteiger partial charge < -0.3 is 15.2 Å². The molecule has 0 aliphatic heterocycles. The summed E-state index contributed by atoms with van der Waals surface area (Å²) in [4.78, 5) is 0. The number of rotatable bonds is 6. The quantitative estimate of drug-likeness (QED) is 0.839. The lowest BCUT2D eigenvalue weighted by Gasteiger charge is -2.39. The van der Waals surface area contributed by atoms with E-state index < -0.39 is 0 Å². The molecule has 20 heavy (non-hydrogen) atoms. The van der Waals surface area contributed by atoms with E-state index in [1.54, 1.807) is 0 Å². The first-order chi connectivity index (χ1) is 9.67. The topological polar surface area (TPSA) is 41.5 Å². The number of benzene rings is 1. The van der Waals surface area contributed by atoms with E-state index in [2.05, 4.69) is 24.4 Å². The normalized spacial score (nSPS) is 26.4. The third-order valence-corrected chi connectivity index (χ3v) is 4.41. The van der Waals surface area contributed by atoms with Crippen LogP contribution in [-0.2, 0) is 6.54 Å². The molecule has 1 aliphatic rings. The van der Waals surface area contributed by atoms with Gasteiger partial charge in [-0.25, -0.2) is 0 Å². The average Bonchev–Trinajstić information content (AvgIpc) is 2.48. The summed E-state index contributed by atoms with van der Waals surface area (Å²) in [5.41, 5.74) is 1.12. The van der Waals surface area contributed by atoms with Gasteiger partial charge in [0.25, 0.3) is 0 Å². The van der Waals surface area contributed by atoms with Gasteiger partial charge in [0, 0.05) is 12.1 Å². The van der Waals surface area contributed by atoms with Gasteiger partial charge in [0.2, 0.25) is 0 Å². The molecule has 1 aliphatic carbocycles. The molecule has 3 heteroatoms. The summed E-state index contributed by atoms with van der Waals surface area (Å²) in [6.45, 7) is 6.00. The van der Waals surface area contributed by atoms with Crippen LogP contribution in [0.2, 0.25) is 0 Å². The lowest BCUT2D eigenvalue weighted by Crippen LogP contribution is -2.50. The average molecular weight is 277 g/mol. The smallest absolute Gasteiger partial charge is 0.119 e. The van der Waals surface area contributed by atoms with Crippen LogP contribution in [0.25, 0.3) is 0 Å². The molecule has 1 saturated carbocycles. The minimum Gasteiger partial charge on any atom is -0.494 e. The summed E-state index contributed by atoms with van der Waals surface area (Å²) in [6.07, 6.45) is 4.53. The molecule has 0 heterocycles. The van der Waals surface area contributed by atoms with Crippen molar-refractivity contribution in [3.8, 4) is 5.75 Å². The highest BCUT2D eigenvalue weighted by Gasteiger charge is 2.32. The van der Waals surface area contributed by atoms with E-state index in [1.165, 1.54) is 18.4 Å². The van der Waals surface area contributed by atoms with Crippen molar-refractivity contribution in [1.82, 2.24) is 5.32 Å². The standard InChI is InChI=1S/C17H27NO2/c1-3-20-16-6-4-5-15(11-16)12-18-17(13-19)9-7-14(2)8-10-17/h4-6,11,14,18-19H,3,7-10,12-13H2,1-2H3. The Bertz CT molecular complexity index is 411. The van der Waals surface area contributed by atoms with Gasteiger partial charge in [-0.2, -0.15) is 0 Å². The Kier molecular flexibility index (Phi) is 5.44. The number of aliphatic hydroxyl groups excluding tert-OH is 1. The fourth-order valence-electron chi connectivity index (χ4n) is 2.91. The van der Waals surface area contributed by atoms with Gasteiger partial charge in [-0.3, -0.25) is 0 Å². The lowest BCUT2D eigenvalue weighted by molar-refractivity contribution is 0.104. The fraction of sp³-hybridized carbons (Fsp3) is 0.647. The first-order valence-corrected chi connectivity index (χ1v) is 7.75. The van der Waals surface area contributed by atoms with Crippen LogP contribution < -0.4 is 10.1 Å². The van der Waals surface area contributed by atoms with Gasteiger partial charge in [0.05, 0.1) is 13.2 Å². The minimum absolute atomic E-state index is 0.0892. The van der Waals surface area contributed by atoms with Crippen molar-refractivity contribution in [3.05, 3.63) is 29.8 Å². The molecule has 0 amide bonds. The van der Waals surface area contributed by atoms with Gasteiger partial charge in [-0.1, -0.05) is 19.1 Å². The second-order valence-corrected chi connectivity index (χ2v) is 6.05. The van der Waals surface area contributed by atoms with Crippen molar-refractivity contribution < 1.29 is 9.84 Å². The maximum absolute atomic E-state index is 9.76. The zero-order valence-corrected chi connectivity index (χ0v) is 12.7. The summed E-state index contributed by atoms with van der Waals surface area (Å²) in [7, 11) is 0. The molecule has 1 fully saturated rings. The van der Waals surface area contributed by atoms with Crippen molar-refractivity contribution >= 4 is 0 Å². The number of nitrogens with one attached hydrogen (secondary N) is 1. The molecule has 0 radical (unpaired) electrons. The maximum Gasteiger partial charge on any atom is 0.119 e. The van der Waals surface area contributed by atoms with Crippen molar-refractivity contribution in [3.63, 3.8) is 0 Å². The lowest BCUT2D eigenvalue weighted by atomic mass is 9.77. The highest BCUT2D eigenvalue weighted by Crippen LogP contribution is 2.31. The van der Waals surface area contributed by atoms with Gasteiger partial charge >= 0.3 is 0 Å². The van der Waals surface area contributed by atoms with Crippen LogP contribution in [0.1, 0.15) is 45.1 Å². The molecule has 2 N–H and O–H groups in total. The van der Waals surface area contributed by atoms with E-state index in [0.717, 1.165) is 31.1 Å². The van der Waals surface area contributed by atoms with Gasteiger partial charge in [0.1, 0.15) is 5.75 Å². The van der Waals surface area contributed by atoms with Crippen LogP contribution in [0.15, 0.2) is 24.3 Å². The Morgan fingerprint density at radius 2 is 2.10 bits per heavy atom. The molecule has 0 saturated heterocycles. The highest BCUT2D eigenvalue weighted by molar-refractivity contribution is 5.28. The highest BCUT2D eigenvalue weighted by atomic mass is 16.5. The second-order valence-electron chi connectivity index (χ2n) is 6.05. The molecule has 1 aromatic carbocycles. The van der Waals surface area contributed by atoms with E-state index in [9.17, 15) is 5.11 Å². The molecule has 1 aromatic rings. The predicted octanol–water partition coefficient (Wildman–Crippen LogP) is 3.12. The molecule has 0 unspecified atom stereocenters. The van der Waals surface area contributed by atoms with Crippen LogP contribution in [0.5, 0.6) is 5.75 Å². The SMILES string of the molecule is CCOc1cccc(CNC2(CO)CCC(C)CC2)c1. The van der Waals surface area contributed by atoms with Gasteiger partial charge in [0.15, 0.2) is 0 Å². The molecule has 0 spiro atoms. The molecule has 112 valence electrons. The molecular formula is C17H27NO2. The van der Waals surface area contributed by atoms with E-state index in [1.807, 2.05) is 19.1 Å². The maximum atomic E-state index is 9.76. The Labute approximate surface area is 122 Å². The number of hydrogen-bond donors (Lipinski definition) is 2. The third kappa shape index (κ3) is 3.97. The third-order valence-electron chi connectivity index (χ3n) is 4.41. The van der Waals surface area contributed by atoms with E-state index in [0.29, 0.717) is 6.61 Å². The summed E-state index contributed by atoms with van der Waals surface area (Å²) < 4.78 is 5.53. The van der Waals surface area contributed by atoms with Crippen molar-refractivity contribution in [2.45, 2.75) is 51.6 Å². The van der Waals surface area contributed by atoms with Crippen LogP contribution in [0, 0.1) is 5.92 Å². The van der Waals surface area contributed by atoms with Crippen molar-refractivity contribution in [2.75, 3.05) is 13.2 Å². The van der Waals surface area contributed by atoms with E-state index in [-0.39, 0.29) is 12.1 Å². The van der Waals surface area contributed by atoms with Crippen molar-refractivity contribution in [2.24, 2.45) is 5.92 Å². The van der Waals surface area contributed by atoms with Crippen LogP contribution in [0.3, 0.4) is 0 Å². The Hall–Kier alpha value is -1.06. The molecular weight excluding hydrogens is 250 g/mol. The molecule has 0 atom stereocenters. The van der Waals surface area contributed by atoms with Crippen LogP contribution in [-0.4, -0.2) is 23.9 Å². The van der Waals surface area contributed by atoms with E-state index in [4.69, 9.17) is 4.74 Å². The Balaban J connectivity index is 1.94. The monoisotopic (exact) mass is 277 g/mol. The molecule has 3 nitrogen and oxygen atoms in total. The van der Waals surface area contributed by atoms with Crippen LogP contribution >= 0.6 is 0 Å². The zero-order valence-electron chi connectivity index (χ0n) is 12.7. The second kappa shape index (κ2) is 7.09. The molecule has 2 rings (SSSR count). The fourth-order valence-corrected chi connectivity index (χ4v) is 2.91. The van der Waals surface area contributed by atoms with E-state index >= 15 is 0 Å². The number of hydrogen-bond acceptors (Lipinski definition) is 3.